The molecular formula is C20H24N4O. The first kappa shape index (κ1) is 15.9. The maximum Gasteiger partial charge on any atom is 0.246 e. The molecule has 0 bridgehead atoms. The Labute approximate surface area is 148 Å². The van der Waals surface area contributed by atoms with Gasteiger partial charge in [-0.2, -0.15) is 5.10 Å². The molecule has 1 fully saturated rings. The van der Waals surface area contributed by atoms with Crippen LogP contribution in [-0.4, -0.2) is 46.8 Å². The summed E-state index contributed by atoms with van der Waals surface area (Å²) in [5.41, 5.74) is 5.09. The molecule has 130 valence electrons. The lowest BCUT2D eigenvalue weighted by Crippen LogP contribution is -2.48. The van der Waals surface area contributed by atoms with Crippen molar-refractivity contribution in [2.24, 2.45) is 0 Å². The molecule has 0 unspecified atom stereocenters. The van der Waals surface area contributed by atoms with Crippen LogP contribution in [0.2, 0.25) is 0 Å². The fraction of sp³-hybridized carbons (Fsp3) is 0.400. The van der Waals surface area contributed by atoms with E-state index in [4.69, 9.17) is 0 Å². The molecule has 0 radical (unpaired) electrons. The van der Waals surface area contributed by atoms with Gasteiger partial charge in [0.2, 0.25) is 5.91 Å². The SMILES string of the molecule is C=CC(=O)N1CCN(c2cccc(-c3cnn4c3CCCC4)c2)CC1. The normalized spacial score (nSPS) is 17.3. The number of carbonyl (C=O) groups excluding carboxylic acids is 1. The molecule has 2 aliphatic rings. The zero-order valence-electron chi connectivity index (χ0n) is 14.5. The monoisotopic (exact) mass is 336 g/mol. The van der Waals surface area contributed by atoms with Gasteiger partial charge in [0.25, 0.3) is 0 Å². The molecule has 2 aromatic rings. The van der Waals surface area contributed by atoms with Gasteiger partial charge in [-0.3, -0.25) is 9.48 Å². The van der Waals surface area contributed by atoms with E-state index in [0.717, 1.165) is 39.1 Å². The summed E-state index contributed by atoms with van der Waals surface area (Å²) in [4.78, 5) is 16.0. The highest BCUT2D eigenvalue weighted by Gasteiger charge is 2.21. The fourth-order valence-corrected chi connectivity index (χ4v) is 3.85. The molecule has 0 spiro atoms. The number of benzene rings is 1. The van der Waals surface area contributed by atoms with Crippen LogP contribution >= 0.6 is 0 Å². The highest BCUT2D eigenvalue weighted by Crippen LogP contribution is 2.30. The van der Waals surface area contributed by atoms with Gasteiger partial charge >= 0.3 is 0 Å². The Morgan fingerprint density at radius 1 is 1.12 bits per heavy atom. The Kier molecular flexibility index (Phi) is 4.30. The number of carbonyl (C=O) groups is 1. The first-order valence-corrected chi connectivity index (χ1v) is 9.07. The number of piperazine rings is 1. The Bertz CT molecular complexity index is 787. The molecule has 4 rings (SSSR count). The maximum absolute atomic E-state index is 11.7. The summed E-state index contributed by atoms with van der Waals surface area (Å²) in [7, 11) is 0. The van der Waals surface area contributed by atoms with Gasteiger partial charge in [-0.15, -0.1) is 0 Å². The van der Waals surface area contributed by atoms with Crippen LogP contribution in [0.5, 0.6) is 0 Å². The van der Waals surface area contributed by atoms with Crippen molar-refractivity contribution in [3.63, 3.8) is 0 Å². The summed E-state index contributed by atoms with van der Waals surface area (Å²) in [6, 6.07) is 8.72. The van der Waals surface area contributed by atoms with Crippen molar-refractivity contribution < 1.29 is 4.79 Å². The van der Waals surface area contributed by atoms with Gasteiger partial charge in [0.05, 0.1) is 6.20 Å². The number of hydrogen-bond acceptors (Lipinski definition) is 3. The van der Waals surface area contributed by atoms with Gasteiger partial charge in [-0.05, 0) is 43.0 Å². The van der Waals surface area contributed by atoms with Gasteiger partial charge in [0.15, 0.2) is 0 Å². The van der Waals surface area contributed by atoms with Crippen LogP contribution in [0.4, 0.5) is 5.69 Å². The van der Waals surface area contributed by atoms with Crippen LogP contribution in [0, 0.1) is 0 Å². The van der Waals surface area contributed by atoms with Crippen molar-refractivity contribution in [3.8, 4) is 11.1 Å². The van der Waals surface area contributed by atoms with E-state index >= 15 is 0 Å². The number of aromatic nitrogens is 2. The fourth-order valence-electron chi connectivity index (χ4n) is 3.85. The van der Waals surface area contributed by atoms with E-state index in [9.17, 15) is 4.79 Å². The van der Waals surface area contributed by atoms with Crippen molar-refractivity contribution in [2.75, 3.05) is 31.1 Å². The first-order chi connectivity index (χ1) is 12.3. The lowest BCUT2D eigenvalue weighted by Gasteiger charge is -2.35. The van der Waals surface area contributed by atoms with E-state index in [0.29, 0.717) is 0 Å². The highest BCUT2D eigenvalue weighted by atomic mass is 16.2. The van der Waals surface area contributed by atoms with Gasteiger partial charge in [0.1, 0.15) is 0 Å². The predicted molar refractivity (Wildman–Crippen MR) is 99.6 cm³/mol. The van der Waals surface area contributed by atoms with Crippen molar-refractivity contribution in [3.05, 3.63) is 48.8 Å². The number of nitrogens with zero attached hydrogens (tertiary/aromatic N) is 4. The van der Waals surface area contributed by atoms with Crippen LogP contribution in [0.25, 0.3) is 11.1 Å². The zero-order chi connectivity index (χ0) is 17.2. The topological polar surface area (TPSA) is 41.4 Å². The quantitative estimate of drug-likeness (QED) is 0.809. The second-order valence-corrected chi connectivity index (χ2v) is 6.75. The van der Waals surface area contributed by atoms with Crippen molar-refractivity contribution in [1.82, 2.24) is 14.7 Å². The molecule has 0 N–H and O–H groups in total. The van der Waals surface area contributed by atoms with Crippen LogP contribution in [0.15, 0.2) is 43.1 Å². The number of fused-ring (bicyclic) bond motifs is 1. The molecule has 3 heterocycles. The third kappa shape index (κ3) is 3.06. The van der Waals surface area contributed by atoms with Crippen LogP contribution in [0.1, 0.15) is 18.5 Å². The zero-order valence-corrected chi connectivity index (χ0v) is 14.5. The minimum Gasteiger partial charge on any atom is -0.368 e. The van der Waals surface area contributed by atoms with Crippen LogP contribution in [0.3, 0.4) is 0 Å². The third-order valence-corrected chi connectivity index (χ3v) is 5.27. The summed E-state index contributed by atoms with van der Waals surface area (Å²) in [6.07, 6.45) is 7.00. The summed E-state index contributed by atoms with van der Waals surface area (Å²) < 4.78 is 2.16. The molecule has 1 saturated heterocycles. The molecule has 5 nitrogen and oxygen atoms in total. The Morgan fingerprint density at radius 3 is 2.76 bits per heavy atom. The molecule has 0 atom stereocenters. The van der Waals surface area contributed by atoms with Crippen LogP contribution in [-0.2, 0) is 17.8 Å². The predicted octanol–water partition coefficient (Wildman–Crippen LogP) is 2.72. The molecular weight excluding hydrogens is 312 g/mol. The molecule has 2 aliphatic heterocycles. The van der Waals surface area contributed by atoms with Gasteiger partial charge in [-0.25, -0.2) is 0 Å². The van der Waals surface area contributed by atoms with Crippen LogP contribution < -0.4 is 4.90 Å². The lowest BCUT2D eigenvalue weighted by molar-refractivity contribution is -0.126. The minimum absolute atomic E-state index is 0.0277. The summed E-state index contributed by atoms with van der Waals surface area (Å²) in [5, 5.41) is 4.56. The number of hydrogen-bond donors (Lipinski definition) is 0. The number of amides is 1. The molecule has 1 aromatic heterocycles. The van der Waals surface area contributed by atoms with Crippen molar-refractivity contribution in [1.29, 1.82) is 0 Å². The van der Waals surface area contributed by atoms with E-state index in [1.54, 1.807) is 0 Å². The van der Waals surface area contributed by atoms with E-state index in [-0.39, 0.29) is 5.91 Å². The maximum atomic E-state index is 11.7. The Balaban J connectivity index is 1.54. The summed E-state index contributed by atoms with van der Waals surface area (Å²) in [5.74, 6) is 0.0277. The molecule has 0 aliphatic carbocycles. The largest absolute Gasteiger partial charge is 0.368 e. The van der Waals surface area contributed by atoms with Gasteiger partial charge < -0.3 is 9.80 Å². The first-order valence-electron chi connectivity index (χ1n) is 9.07. The van der Waals surface area contributed by atoms with E-state index in [1.165, 1.54) is 41.4 Å². The average Bonchev–Trinajstić information content (AvgIpc) is 3.12. The molecule has 1 aromatic carbocycles. The lowest BCUT2D eigenvalue weighted by atomic mass is 10.0. The van der Waals surface area contributed by atoms with Gasteiger partial charge in [0, 0.05) is 49.7 Å². The summed E-state index contributed by atoms with van der Waals surface area (Å²) in [6.45, 7) is 7.82. The minimum atomic E-state index is 0.0277. The second-order valence-electron chi connectivity index (χ2n) is 6.75. The third-order valence-electron chi connectivity index (χ3n) is 5.27. The number of rotatable bonds is 3. The second kappa shape index (κ2) is 6.75. The Morgan fingerprint density at radius 2 is 1.96 bits per heavy atom. The molecule has 25 heavy (non-hydrogen) atoms. The smallest absolute Gasteiger partial charge is 0.246 e. The Hall–Kier alpha value is -2.56. The number of aryl methyl sites for hydroxylation is 1. The average molecular weight is 336 g/mol. The molecule has 0 saturated carbocycles. The highest BCUT2D eigenvalue weighted by molar-refractivity contribution is 5.87. The van der Waals surface area contributed by atoms with E-state index < -0.39 is 0 Å². The molecule has 5 heteroatoms. The number of anilines is 1. The van der Waals surface area contributed by atoms with Crippen molar-refractivity contribution >= 4 is 11.6 Å². The van der Waals surface area contributed by atoms with E-state index in [2.05, 4.69) is 45.5 Å². The summed E-state index contributed by atoms with van der Waals surface area (Å²) >= 11 is 0. The molecule has 1 amide bonds. The standard InChI is InChI=1S/C20H24N4O/c1-2-20(25)23-12-10-22(11-13-23)17-7-5-6-16(14-17)18-15-21-24-9-4-3-8-19(18)24/h2,5-7,14-15H,1,3-4,8-13H2. The van der Waals surface area contributed by atoms with Gasteiger partial charge in [-0.1, -0.05) is 18.7 Å². The van der Waals surface area contributed by atoms with E-state index in [1.807, 2.05) is 11.1 Å². The van der Waals surface area contributed by atoms with Crippen molar-refractivity contribution in [2.45, 2.75) is 25.8 Å².